The van der Waals surface area contributed by atoms with Crippen molar-refractivity contribution in [1.82, 2.24) is 0 Å². The van der Waals surface area contributed by atoms with Crippen LogP contribution in [0.5, 0.6) is 0 Å². The molecule has 0 N–H and O–H groups in total. The van der Waals surface area contributed by atoms with Gasteiger partial charge in [-0.2, -0.15) is 0 Å². The molecule has 0 atom stereocenters. The van der Waals surface area contributed by atoms with Crippen molar-refractivity contribution in [3.63, 3.8) is 0 Å². The van der Waals surface area contributed by atoms with Crippen molar-refractivity contribution < 1.29 is 47.3 Å². The fourth-order valence-electron chi connectivity index (χ4n) is 1.41. The molecule has 0 aliphatic rings. The molecule has 0 saturated carbocycles. The molecule has 6 heteroatoms. The minimum Gasteiger partial charge on any atom is -0.744 e. The summed E-state index contributed by atoms with van der Waals surface area (Å²) in [7, 11) is -4.38. The van der Waals surface area contributed by atoms with Crippen LogP contribution in [0.4, 0.5) is 0 Å². The van der Waals surface area contributed by atoms with Gasteiger partial charge in [-0.25, -0.2) is 8.42 Å². The van der Waals surface area contributed by atoms with E-state index in [1.54, 1.807) is 36.4 Å². The molecule has 0 amide bonds. The number of fused-ring (bicyclic) bond motifs is 1. The number of hydrogen-bond donors (Lipinski definition) is 0. The Bertz CT molecular complexity index is 618. The standard InChI is InChI=1S/C10H8O3S.C2H4O.Na/c11-14(12,13)10-7-3-5-8-4-1-2-6-9(8)10;1-2-3;/h1-7H,(H,11,12,13);2H,1H3;/q;;+1/p-1. The predicted molar refractivity (Wildman–Crippen MR) is 63.6 cm³/mol. The second-order valence-electron chi connectivity index (χ2n) is 3.17. The quantitative estimate of drug-likeness (QED) is 0.378. The van der Waals surface area contributed by atoms with Gasteiger partial charge in [0.05, 0.1) is 4.90 Å². The zero-order chi connectivity index (χ0) is 12.9. The summed E-state index contributed by atoms with van der Waals surface area (Å²) in [6, 6.07) is 11.5. The Balaban J connectivity index is 0.000000660. The second-order valence-corrected chi connectivity index (χ2v) is 4.52. The van der Waals surface area contributed by atoms with Gasteiger partial charge in [0.1, 0.15) is 16.4 Å². The van der Waals surface area contributed by atoms with Crippen LogP contribution in [0.2, 0.25) is 0 Å². The Morgan fingerprint density at radius 2 is 1.56 bits per heavy atom. The topological polar surface area (TPSA) is 74.3 Å². The van der Waals surface area contributed by atoms with Crippen molar-refractivity contribution in [3.8, 4) is 0 Å². The van der Waals surface area contributed by atoms with E-state index >= 15 is 0 Å². The summed E-state index contributed by atoms with van der Waals surface area (Å²) in [6.07, 6.45) is 0.750. The summed E-state index contributed by atoms with van der Waals surface area (Å²) < 4.78 is 32.7. The van der Waals surface area contributed by atoms with E-state index in [4.69, 9.17) is 4.79 Å². The van der Waals surface area contributed by atoms with Crippen LogP contribution in [0.25, 0.3) is 10.8 Å². The van der Waals surface area contributed by atoms with Gasteiger partial charge < -0.3 is 9.35 Å². The van der Waals surface area contributed by atoms with Crippen LogP contribution in [0.3, 0.4) is 0 Å². The van der Waals surface area contributed by atoms with Gasteiger partial charge in [0.25, 0.3) is 0 Å². The Labute approximate surface area is 128 Å². The molecular formula is C12H11NaO4S. The van der Waals surface area contributed by atoms with Crippen LogP contribution in [0, 0.1) is 0 Å². The first-order chi connectivity index (χ1) is 8.00. The summed E-state index contributed by atoms with van der Waals surface area (Å²) >= 11 is 0. The number of hydrogen-bond acceptors (Lipinski definition) is 4. The SMILES string of the molecule is CC=O.O=S(=O)([O-])c1cccc2ccccc12.[Na+]. The molecule has 2 aromatic rings. The third kappa shape index (κ3) is 4.51. The summed E-state index contributed by atoms with van der Waals surface area (Å²) in [6.45, 7) is 1.44. The summed E-state index contributed by atoms with van der Waals surface area (Å²) in [5.74, 6) is 0. The number of rotatable bonds is 1. The zero-order valence-corrected chi connectivity index (χ0v) is 13.0. The zero-order valence-electron chi connectivity index (χ0n) is 10.2. The number of carbonyl (C=O) groups is 1. The van der Waals surface area contributed by atoms with Gasteiger partial charge in [-0.05, 0) is 23.8 Å². The molecule has 0 aromatic heterocycles. The largest absolute Gasteiger partial charge is 1.00 e. The van der Waals surface area contributed by atoms with Gasteiger partial charge in [0.2, 0.25) is 0 Å². The normalized spacial score (nSPS) is 9.89. The molecule has 4 nitrogen and oxygen atoms in total. The van der Waals surface area contributed by atoms with Crippen molar-refractivity contribution in [3.05, 3.63) is 42.5 Å². The number of aldehydes is 1. The van der Waals surface area contributed by atoms with Gasteiger partial charge in [-0.3, -0.25) is 0 Å². The van der Waals surface area contributed by atoms with Gasteiger partial charge in [-0.1, -0.05) is 36.4 Å². The summed E-state index contributed by atoms with van der Waals surface area (Å²) in [5.41, 5.74) is 0. The Morgan fingerprint density at radius 3 is 2.11 bits per heavy atom. The van der Waals surface area contributed by atoms with Crippen molar-refractivity contribution >= 4 is 27.2 Å². The first-order valence-electron chi connectivity index (χ1n) is 4.84. The van der Waals surface area contributed by atoms with Crippen LogP contribution in [0.1, 0.15) is 6.92 Å². The molecule has 2 aromatic carbocycles. The monoisotopic (exact) mass is 274 g/mol. The molecule has 0 spiro atoms. The molecule has 0 saturated heterocycles. The molecule has 0 unspecified atom stereocenters. The minimum absolute atomic E-state index is 0. The maximum absolute atomic E-state index is 10.9. The number of benzene rings is 2. The molecule has 0 fully saturated rings. The molecule has 0 aliphatic heterocycles. The molecule has 0 radical (unpaired) electrons. The van der Waals surface area contributed by atoms with Crippen LogP contribution in [0.15, 0.2) is 47.4 Å². The van der Waals surface area contributed by atoms with Crippen LogP contribution >= 0.6 is 0 Å². The van der Waals surface area contributed by atoms with E-state index in [1.165, 1.54) is 13.0 Å². The van der Waals surface area contributed by atoms with E-state index in [2.05, 4.69) is 0 Å². The molecule has 18 heavy (non-hydrogen) atoms. The molecule has 0 heterocycles. The maximum atomic E-state index is 10.9. The molecule has 0 bridgehead atoms. The van der Waals surface area contributed by atoms with Crippen LogP contribution < -0.4 is 29.6 Å². The van der Waals surface area contributed by atoms with Crippen LogP contribution in [-0.2, 0) is 14.9 Å². The Kier molecular flexibility index (Phi) is 7.35. The Hall–Kier alpha value is -0.720. The van der Waals surface area contributed by atoms with Gasteiger partial charge in [-0.15, -0.1) is 0 Å². The minimum atomic E-state index is -4.38. The summed E-state index contributed by atoms with van der Waals surface area (Å²) in [5, 5.41) is 1.23. The molecular weight excluding hydrogens is 263 g/mol. The van der Waals surface area contributed by atoms with Crippen molar-refractivity contribution in [2.24, 2.45) is 0 Å². The first-order valence-corrected chi connectivity index (χ1v) is 6.25. The molecule has 0 aliphatic carbocycles. The molecule has 2 rings (SSSR count). The smallest absolute Gasteiger partial charge is 0.744 e. The van der Waals surface area contributed by atoms with Gasteiger partial charge in [0.15, 0.2) is 0 Å². The third-order valence-corrected chi connectivity index (χ3v) is 2.91. The second kappa shape index (κ2) is 7.66. The fourth-order valence-corrected chi connectivity index (χ4v) is 2.11. The van der Waals surface area contributed by atoms with Crippen molar-refractivity contribution in [2.45, 2.75) is 11.8 Å². The van der Waals surface area contributed by atoms with E-state index in [-0.39, 0.29) is 34.5 Å². The summed E-state index contributed by atoms with van der Waals surface area (Å²) in [4.78, 5) is 8.65. The van der Waals surface area contributed by atoms with E-state index in [0.717, 1.165) is 11.7 Å². The van der Waals surface area contributed by atoms with E-state index in [1.807, 2.05) is 0 Å². The van der Waals surface area contributed by atoms with Crippen molar-refractivity contribution in [1.29, 1.82) is 0 Å². The van der Waals surface area contributed by atoms with Gasteiger partial charge >= 0.3 is 29.6 Å². The van der Waals surface area contributed by atoms with E-state index < -0.39 is 10.1 Å². The average Bonchev–Trinajstić information content (AvgIpc) is 2.28. The fraction of sp³-hybridized carbons (Fsp3) is 0.0833. The first kappa shape index (κ1) is 17.3. The Morgan fingerprint density at radius 1 is 1.06 bits per heavy atom. The average molecular weight is 274 g/mol. The predicted octanol–water partition coefficient (Wildman–Crippen LogP) is -1.05. The van der Waals surface area contributed by atoms with E-state index in [0.29, 0.717) is 5.39 Å². The van der Waals surface area contributed by atoms with Gasteiger partial charge in [0, 0.05) is 0 Å². The van der Waals surface area contributed by atoms with Crippen LogP contribution in [-0.4, -0.2) is 19.3 Å². The van der Waals surface area contributed by atoms with E-state index in [9.17, 15) is 13.0 Å². The third-order valence-electron chi connectivity index (χ3n) is 2.02. The van der Waals surface area contributed by atoms with Crippen molar-refractivity contribution in [2.75, 3.05) is 0 Å². The number of carbonyl (C=O) groups excluding carboxylic acids is 1. The maximum Gasteiger partial charge on any atom is 1.00 e. The molecule has 90 valence electrons.